The Morgan fingerprint density at radius 2 is 1.48 bits per heavy atom. The van der Waals surface area contributed by atoms with E-state index in [1.54, 1.807) is 16.2 Å². The number of carbonyl (C=O) groups excluding carboxylic acids is 2. The number of aliphatic hydroxyl groups excluding tert-OH is 1. The van der Waals surface area contributed by atoms with Crippen LogP contribution in [0.3, 0.4) is 0 Å². The van der Waals surface area contributed by atoms with Gasteiger partial charge in [-0.25, -0.2) is 4.79 Å². The van der Waals surface area contributed by atoms with E-state index in [0.29, 0.717) is 25.1 Å². The van der Waals surface area contributed by atoms with Gasteiger partial charge in [0.05, 0.1) is 23.1 Å². The molecule has 2 bridgehead atoms. The first-order chi connectivity index (χ1) is 27.0. The summed E-state index contributed by atoms with van der Waals surface area (Å²) in [6.45, 7) is 5.04. The molecule has 56 heavy (non-hydrogen) atoms. The number of hydrogen-bond donors (Lipinski definition) is 2. The number of ether oxygens (including phenoxy) is 1. The Hall–Kier alpha value is -4.56. The zero-order valence-electron chi connectivity index (χ0n) is 32.1. The average Bonchev–Trinajstić information content (AvgIpc) is 3.76. The van der Waals surface area contributed by atoms with Crippen LogP contribution in [0.25, 0.3) is 20.9 Å². The lowest BCUT2D eigenvalue weighted by Gasteiger charge is -2.71. The van der Waals surface area contributed by atoms with Crippen molar-refractivity contribution in [3.8, 4) is 5.75 Å². The smallest absolute Gasteiger partial charge is 0.410 e. The molecule has 3 saturated carbocycles. The molecule has 6 aliphatic rings. The lowest BCUT2D eigenvalue weighted by atomic mass is 9.32. The predicted molar refractivity (Wildman–Crippen MR) is 222 cm³/mol. The van der Waals surface area contributed by atoms with Gasteiger partial charge in [0, 0.05) is 33.1 Å². The number of fused-ring (bicyclic) bond motifs is 3. The van der Waals surface area contributed by atoms with E-state index in [0.717, 1.165) is 69.0 Å². The predicted octanol–water partition coefficient (Wildman–Crippen LogP) is 10.5. The van der Waals surface area contributed by atoms with Gasteiger partial charge in [0.15, 0.2) is 5.78 Å². The number of carbonyl (C=O) groups is 2. The molecule has 11 rings (SSSR count). The summed E-state index contributed by atoms with van der Waals surface area (Å²) in [4.78, 5) is 31.9. The standard InChI is InChI=1S/C49H49NO5S/c1-45-21-18-36(51)28-47(45)24-25-49(38(29-47)43(52)40-27-35-14-8-9-15-39(35)56-40)41(45)19-22-46(2)42(49)20-23-48(46,54)31-50(30-32-10-4-3-5-11-32)44(53)55-37-17-16-33-12-6-7-13-34(33)26-37/h3-17,24-27,29,36,41-42,51,54H,18-23,28,30-31H2,1-2H3. The molecular formula is C49H49NO5S. The van der Waals surface area contributed by atoms with Crippen LogP contribution >= 0.6 is 11.3 Å². The molecule has 1 amide bonds. The minimum Gasteiger partial charge on any atom is -0.410 e. The minimum absolute atomic E-state index is 0.0309. The lowest BCUT2D eigenvalue weighted by molar-refractivity contribution is -0.175. The van der Waals surface area contributed by atoms with Crippen molar-refractivity contribution >= 4 is 44.1 Å². The van der Waals surface area contributed by atoms with Crippen LogP contribution in [-0.2, 0) is 6.54 Å². The Morgan fingerprint density at radius 1 is 0.786 bits per heavy atom. The Balaban J connectivity index is 1.03. The highest BCUT2D eigenvalue weighted by Crippen LogP contribution is 2.78. The molecule has 0 radical (unpaired) electrons. The summed E-state index contributed by atoms with van der Waals surface area (Å²) >= 11 is 1.56. The van der Waals surface area contributed by atoms with Crippen molar-refractivity contribution in [1.29, 1.82) is 0 Å². The van der Waals surface area contributed by atoms with Gasteiger partial charge in [0.25, 0.3) is 0 Å². The molecule has 6 nitrogen and oxygen atoms in total. The summed E-state index contributed by atoms with van der Waals surface area (Å²) in [7, 11) is 0. The average molecular weight is 764 g/mol. The number of aliphatic hydroxyl groups is 2. The minimum atomic E-state index is -1.23. The number of ketones is 1. The molecule has 1 heterocycles. The van der Waals surface area contributed by atoms with E-state index >= 15 is 4.79 Å². The van der Waals surface area contributed by atoms with Crippen molar-refractivity contribution < 1.29 is 24.5 Å². The molecule has 6 aliphatic carbocycles. The molecule has 286 valence electrons. The highest BCUT2D eigenvalue weighted by atomic mass is 32.1. The molecule has 7 heteroatoms. The van der Waals surface area contributed by atoms with Gasteiger partial charge in [-0.05, 0) is 108 Å². The van der Waals surface area contributed by atoms with Crippen molar-refractivity contribution in [2.45, 2.75) is 77.0 Å². The zero-order valence-corrected chi connectivity index (χ0v) is 32.9. The third-order valence-corrected chi connectivity index (χ3v) is 16.6. The van der Waals surface area contributed by atoms with Crippen LogP contribution in [0.4, 0.5) is 4.79 Å². The molecule has 8 unspecified atom stereocenters. The summed E-state index contributed by atoms with van der Waals surface area (Å²) in [5.41, 5.74) is -1.15. The number of nitrogens with zero attached hydrogens (tertiary/aromatic N) is 1. The normalized spacial score (nSPS) is 34.1. The van der Waals surface area contributed by atoms with Crippen molar-refractivity contribution in [1.82, 2.24) is 4.90 Å². The highest BCUT2D eigenvalue weighted by molar-refractivity contribution is 7.21. The molecule has 1 aromatic heterocycles. The molecule has 2 N–H and O–H groups in total. The quantitative estimate of drug-likeness (QED) is 0.127. The van der Waals surface area contributed by atoms with Crippen molar-refractivity contribution in [2.75, 3.05) is 6.54 Å². The molecule has 0 saturated heterocycles. The number of hydrogen-bond acceptors (Lipinski definition) is 6. The molecule has 4 aromatic carbocycles. The van der Waals surface area contributed by atoms with Gasteiger partial charge in [-0.15, -0.1) is 11.3 Å². The lowest BCUT2D eigenvalue weighted by Crippen LogP contribution is -2.67. The number of thiophene rings is 1. The van der Waals surface area contributed by atoms with Gasteiger partial charge in [0.1, 0.15) is 5.75 Å². The summed E-state index contributed by atoms with van der Waals surface area (Å²) in [6.07, 6.45) is 11.2. The summed E-state index contributed by atoms with van der Waals surface area (Å²) in [6, 6.07) is 33.8. The second kappa shape index (κ2) is 12.7. The maximum Gasteiger partial charge on any atom is 0.415 e. The van der Waals surface area contributed by atoms with Crippen LogP contribution in [0.2, 0.25) is 0 Å². The van der Waals surface area contributed by atoms with Crippen LogP contribution < -0.4 is 4.74 Å². The first-order valence-corrected chi connectivity index (χ1v) is 21.2. The summed E-state index contributed by atoms with van der Waals surface area (Å²) < 4.78 is 7.20. The van der Waals surface area contributed by atoms with Crippen LogP contribution in [0, 0.1) is 33.5 Å². The maximum absolute atomic E-state index is 15.2. The van der Waals surface area contributed by atoms with Crippen molar-refractivity contribution in [3.63, 3.8) is 0 Å². The SMILES string of the molecule is CC12CCC(O)CC13C=CC1(C(C(=O)c4cc5ccccc5s4)=C3)C2CCC2(C)C1CCC2(O)CN(Cc1ccccc1)C(=O)Oc1ccc2ccccc2c1. The monoisotopic (exact) mass is 763 g/mol. The molecule has 2 spiro atoms. The fourth-order valence-corrected chi connectivity index (χ4v) is 13.5. The number of Topliss-reactive ketones (excluding diaryl/α,β-unsaturated/α-hetero) is 1. The van der Waals surface area contributed by atoms with Gasteiger partial charge < -0.3 is 19.8 Å². The van der Waals surface area contributed by atoms with Crippen LogP contribution in [0.15, 0.2) is 127 Å². The Labute approximate surface area is 332 Å². The molecule has 5 aromatic rings. The first-order valence-electron chi connectivity index (χ1n) is 20.3. The topological polar surface area (TPSA) is 87.1 Å². The molecule has 3 fully saturated rings. The molecule has 8 atom stereocenters. The Morgan fingerprint density at radius 3 is 2.29 bits per heavy atom. The summed E-state index contributed by atoms with van der Waals surface area (Å²) in [5.74, 6) is 0.694. The Kier molecular flexibility index (Phi) is 8.14. The van der Waals surface area contributed by atoms with Crippen LogP contribution in [0.1, 0.15) is 74.0 Å². The molecular weight excluding hydrogens is 715 g/mol. The van der Waals surface area contributed by atoms with Crippen LogP contribution in [0.5, 0.6) is 5.75 Å². The third kappa shape index (κ3) is 5.13. The largest absolute Gasteiger partial charge is 0.415 e. The number of allylic oxidation sites excluding steroid dienone is 4. The van der Waals surface area contributed by atoms with Crippen LogP contribution in [-0.4, -0.2) is 45.2 Å². The third-order valence-electron chi connectivity index (χ3n) is 15.5. The fraction of sp³-hybridized carbons (Fsp3) is 0.388. The second-order valence-electron chi connectivity index (χ2n) is 18.0. The fourth-order valence-electron chi connectivity index (χ4n) is 12.5. The van der Waals surface area contributed by atoms with E-state index < -0.39 is 34.0 Å². The van der Waals surface area contributed by atoms with E-state index in [-0.39, 0.29) is 29.6 Å². The van der Waals surface area contributed by atoms with E-state index in [4.69, 9.17) is 4.74 Å². The molecule has 0 aliphatic heterocycles. The maximum atomic E-state index is 15.2. The number of rotatable bonds is 7. The van der Waals surface area contributed by atoms with E-state index in [1.165, 1.54) is 0 Å². The van der Waals surface area contributed by atoms with E-state index in [2.05, 4.69) is 44.2 Å². The number of benzene rings is 4. The van der Waals surface area contributed by atoms with E-state index in [1.807, 2.05) is 91.0 Å². The number of amides is 1. The van der Waals surface area contributed by atoms with Gasteiger partial charge in [-0.1, -0.05) is 111 Å². The second-order valence-corrected chi connectivity index (χ2v) is 19.1. The first kappa shape index (κ1) is 35.8. The van der Waals surface area contributed by atoms with E-state index in [9.17, 15) is 15.0 Å². The zero-order chi connectivity index (χ0) is 38.5. The van der Waals surface area contributed by atoms with Gasteiger partial charge in [-0.3, -0.25) is 4.79 Å². The highest BCUT2D eigenvalue weighted by Gasteiger charge is 2.74. The van der Waals surface area contributed by atoms with Crippen molar-refractivity contribution in [2.24, 2.45) is 33.5 Å². The van der Waals surface area contributed by atoms with Crippen molar-refractivity contribution in [3.05, 3.63) is 137 Å². The van der Waals surface area contributed by atoms with Gasteiger partial charge >= 0.3 is 6.09 Å². The van der Waals surface area contributed by atoms with Gasteiger partial charge in [0.2, 0.25) is 0 Å². The van der Waals surface area contributed by atoms with Gasteiger partial charge in [-0.2, -0.15) is 0 Å². The summed E-state index contributed by atoms with van der Waals surface area (Å²) in [5, 5.41) is 27.5. The Bertz CT molecular complexity index is 2420.